The Morgan fingerprint density at radius 3 is 2.12 bits per heavy atom. The molecule has 1 amide bonds. The van der Waals surface area contributed by atoms with Crippen molar-refractivity contribution in [2.24, 2.45) is 0 Å². The molecular formula is C40H39F5N2O4. The van der Waals surface area contributed by atoms with Crippen molar-refractivity contribution in [3.8, 4) is 11.1 Å². The second-order valence-electron chi connectivity index (χ2n) is 12.9. The van der Waals surface area contributed by atoms with Crippen molar-refractivity contribution in [1.82, 2.24) is 10.2 Å². The highest BCUT2D eigenvalue weighted by Crippen LogP contribution is 2.39. The van der Waals surface area contributed by atoms with Crippen LogP contribution in [-0.4, -0.2) is 41.1 Å². The van der Waals surface area contributed by atoms with Gasteiger partial charge in [-0.15, -0.1) is 6.58 Å². The van der Waals surface area contributed by atoms with Crippen LogP contribution in [-0.2, 0) is 22.6 Å². The zero-order valence-corrected chi connectivity index (χ0v) is 27.9. The number of halogens is 5. The lowest BCUT2D eigenvalue weighted by Crippen LogP contribution is -2.43. The molecule has 268 valence electrons. The summed E-state index contributed by atoms with van der Waals surface area (Å²) in [4.78, 5) is 15.1. The van der Waals surface area contributed by atoms with E-state index < -0.39 is 46.8 Å². The van der Waals surface area contributed by atoms with E-state index in [4.69, 9.17) is 9.47 Å². The maximum absolute atomic E-state index is 14.2. The van der Waals surface area contributed by atoms with Gasteiger partial charge in [-0.3, -0.25) is 9.69 Å². The number of aliphatic hydroxyl groups is 1. The summed E-state index contributed by atoms with van der Waals surface area (Å²) in [6.07, 6.45) is 6.24. The van der Waals surface area contributed by atoms with E-state index >= 15 is 0 Å². The number of rotatable bonds is 12. The third-order valence-corrected chi connectivity index (χ3v) is 9.65. The van der Waals surface area contributed by atoms with E-state index in [2.05, 4.69) is 16.8 Å². The van der Waals surface area contributed by atoms with Gasteiger partial charge in [-0.05, 0) is 40.7 Å². The highest BCUT2D eigenvalue weighted by atomic mass is 19.2. The summed E-state index contributed by atoms with van der Waals surface area (Å²) in [6.45, 7) is 5.18. The fourth-order valence-corrected chi connectivity index (χ4v) is 6.95. The number of hydrogen-bond acceptors (Lipinski definition) is 5. The van der Waals surface area contributed by atoms with Gasteiger partial charge in [-0.2, -0.15) is 0 Å². The standard InChI is InChI=1S/C40H39F5N2O4/c1-2-19-47(29-8-4-5-9-29)22-30-20-32(26-13-11-24(23-48)12-14-26)51-40(50-30)27-17-15-25(16-18-27)31-10-6-3-7-28(31)21-46-39(49)33-34(41)36(43)38(45)37(44)35(33)42/h2-3,6-7,10-18,29-30,32,40,48H,1,4-5,8-9,19-23H2,(H,46,49)/t30-,32+,40+/m1/s1. The van der Waals surface area contributed by atoms with E-state index in [9.17, 15) is 31.9 Å². The quantitative estimate of drug-likeness (QED) is 0.0670. The van der Waals surface area contributed by atoms with Crippen molar-refractivity contribution < 1.29 is 41.3 Å². The Morgan fingerprint density at radius 1 is 0.843 bits per heavy atom. The van der Waals surface area contributed by atoms with Gasteiger partial charge in [0.25, 0.3) is 5.91 Å². The molecule has 0 aromatic heterocycles. The molecule has 4 aromatic carbocycles. The Hall–Kier alpha value is -4.42. The Bertz CT molecular complexity index is 1820. The van der Waals surface area contributed by atoms with Crippen molar-refractivity contribution in [2.75, 3.05) is 13.1 Å². The second-order valence-corrected chi connectivity index (χ2v) is 12.9. The van der Waals surface area contributed by atoms with Crippen molar-refractivity contribution in [1.29, 1.82) is 0 Å². The number of hydrogen-bond donors (Lipinski definition) is 2. The van der Waals surface area contributed by atoms with Crippen LogP contribution < -0.4 is 5.32 Å². The lowest BCUT2D eigenvalue weighted by atomic mass is 9.97. The number of amides is 1. The van der Waals surface area contributed by atoms with Gasteiger partial charge in [0.05, 0.1) is 18.8 Å². The van der Waals surface area contributed by atoms with Crippen LogP contribution in [0.15, 0.2) is 85.5 Å². The Morgan fingerprint density at radius 2 is 1.47 bits per heavy atom. The number of carbonyl (C=O) groups excluding carboxylic acids is 1. The lowest BCUT2D eigenvalue weighted by molar-refractivity contribution is -0.253. The average Bonchev–Trinajstić information content (AvgIpc) is 3.71. The highest BCUT2D eigenvalue weighted by molar-refractivity contribution is 5.95. The fourth-order valence-electron chi connectivity index (χ4n) is 6.95. The van der Waals surface area contributed by atoms with Crippen LogP contribution in [0.5, 0.6) is 0 Å². The van der Waals surface area contributed by atoms with E-state index in [1.807, 2.05) is 54.6 Å². The number of aliphatic hydroxyl groups excluding tert-OH is 1. The number of nitrogens with one attached hydrogen (secondary N) is 1. The summed E-state index contributed by atoms with van der Waals surface area (Å²) < 4.78 is 82.5. The molecule has 4 aromatic rings. The molecule has 6 nitrogen and oxygen atoms in total. The zero-order valence-electron chi connectivity index (χ0n) is 27.9. The van der Waals surface area contributed by atoms with E-state index in [1.165, 1.54) is 12.8 Å². The minimum Gasteiger partial charge on any atom is -0.392 e. The van der Waals surface area contributed by atoms with Crippen molar-refractivity contribution in [3.63, 3.8) is 0 Å². The topological polar surface area (TPSA) is 71.0 Å². The van der Waals surface area contributed by atoms with Crippen LogP contribution in [0.4, 0.5) is 22.0 Å². The third kappa shape index (κ3) is 8.07. The Balaban J connectivity index is 1.21. The molecule has 2 N–H and O–H groups in total. The highest BCUT2D eigenvalue weighted by Gasteiger charge is 2.35. The molecule has 0 bridgehead atoms. The monoisotopic (exact) mass is 706 g/mol. The first-order valence-electron chi connectivity index (χ1n) is 17.0. The largest absolute Gasteiger partial charge is 0.392 e. The summed E-state index contributed by atoms with van der Waals surface area (Å²) in [6, 6.07) is 22.7. The Kier molecular flexibility index (Phi) is 11.6. The van der Waals surface area contributed by atoms with Crippen molar-refractivity contribution >= 4 is 5.91 Å². The zero-order chi connectivity index (χ0) is 36.1. The minimum absolute atomic E-state index is 0.0504. The molecule has 2 fully saturated rings. The van der Waals surface area contributed by atoms with E-state index in [1.54, 1.807) is 24.3 Å². The molecule has 1 aliphatic heterocycles. The molecule has 6 rings (SSSR count). The van der Waals surface area contributed by atoms with E-state index in [-0.39, 0.29) is 25.4 Å². The molecule has 1 saturated carbocycles. The van der Waals surface area contributed by atoms with Crippen LogP contribution in [0.1, 0.15) is 77.1 Å². The molecule has 1 aliphatic carbocycles. The summed E-state index contributed by atoms with van der Waals surface area (Å²) in [5, 5.41) is 11.8. The first-order chi connectivity index (χ1) is 24.7. The maximum Gasteiger partial charge on any atom is 0.257 e. The summed E-state index contributed by atoms with van der Waals surface area (Å²) >= 11 is 0. The van der Waals surface area contributed by atoms with Crippen LogP contribution in [0, 0.1) is 29.1 Å². The van der Waals surface area contributed by atoms with Crippen LogP contribution in [0.2, 0.25) is 0 Å². The SMILES string of the molecule is C=CCN(C[C@H]1C[C@@H](c2ccc(CO)cc2)O[C@@H](c2ccc(-c3ccccc3CNC(=O)c3c(F)c(F)c(F)c(F)c3F)cc2)O1)C1CCCC1. The molecular weight excluding hydrogens is 667 g/mol. The molecule has 3 atom stereocenters. The van der Waals surface area contributed by atoms with Gasteiger partial charge in [0.15, 0.2) is 29.6 Å². The molecule has 0 spiro atoms. The first-order valence-corrected chi connectivity index (χ1v) is 17.0. The summed E-state index contributed by atoms with van der Waals surface area (Å²) in [5.41, 5.74) is 3.02. The molecule has 11 heteroatoms. The van der Waals surface area contributed by atoms with E-state index in [0.29, 0.717) is 23.6 Å². The van der Waals surface area contributed by atoms with Gasteiger partial charge in [-0.25, -0.2) is 22.0 Å². The smallest absolute Gasteiger partial charge is 0.257 e. The van der Waals surface area contributed by atoms with E-state index in [0.717, 1.165) is 48.2 Å². The van der Waals surface area contributed by atoms with Gasteiger partial charge in [0.2, 0.25) is 5.82 Å². The first kappa shape index (κ1) is 36.4. The molecule has 0 radical (unpaired) electrons. The lowest BCUT2D eigenvalue weighted by Gasteiger charge is -2.39. The normalized spacial score (nSPS) is 19.4. The number of benzene rings is 4. The number of ether oxygens (including phenoxy) is 2. The predicted octanol–water partition coefficient (Wildman–Crippen LogP) is 8.45. The van der Waals surface area contributed by atoms with Gasteiger partial charge in [0.1, 0.15) is 5.56 Å². The van der Waals surface area contributed by atoms with Crippen molar-refractivity contribution in [3.05, 3.63) is 142 Å². The molecule has 0 unspecified atom stereocenters. The van der Waals surface area contributed by atoms with Gasteiger partial charge in [0, 0.05) is 37.7 Å². The van der Waals surface area contributed by atoms with Crippen molar-refractivity contribution in [2.45, 2.75) is 69.8 Å². The minimum atomic E-state index is -2.33. The fraction of sp³-hybridized carbons (Fsp3) is 0.325. The van der Waals surface area contributed by atoms with Crippen LogP contribution in [0.25, 0.3) is 11.1 Å². The number of carbonyl (C=O) groups is 1. The van der Waals surface area contributed by atoms with Crippen LogP contribution in [0.3, 0.4) is 0 Å². The third-order valence-electron chi connectivity index (χ3n) is 9.65. The predicted molar refractivity (Wildman–Crippen MR) is 182 cm³/mol. The number of nitrogens with zero attached hydrogens (tertiary/aromatic N) is 1. The Labute approximate surface area is 293 Å². The maximum atomic E-state index is 14.2. The summed E-state index contributed by atoms with van der Waals surface area (Å²) in [5.74, 6) is -12.5. The summed E-state index contributed by atoms with van der Waals surface area (Å²) in [7, 11) is 0. The van der Waals surface area contributed by atoms with Gasteiger partial charge in [-0.1, -0.05) is 91.7 Å². The van der Waals surface area contributed by atoms with Crippen LogP contribution >= 0.6 is 0 Å². The second kappa shape index (κ2) is 16.3. The van der Waals surface area contributed by atoms with Gasteiger partial charge >= 0.3 is 0 Å². The molecule has 2 aliphatic rings. The molecule has 1 heterocycles. The molecule has 1 saturated heterocycles. The van der Waals surface area contributed by atoms with Gasteiger partial charge < -0.3 is 19.9 Å². The molecule has 51 heavy (non-hydrogen) atoms. The average molecular weight is 707 g/mol.